The summed E-state index contributed by atoms with van der Waals surface area (Å²) in [6.07, 6.45) is 0.598. The van der Waals surface area contributed by atoms with Crippen molar-refractivity contribution in [2.75, 3.05) is 5.32 Å². The van der Waals surface area contributed by atoms with Crippen LogP contribution in [0, 0.1) is 6.92 Å². The summed E-state index contributed by atoms with van der Waals surface area (Å²) in [6.45, 7) is 2.38. The molecule has 4 aromatic rings. The summed E-state index contributed by atoms with van der Waals surface area (Å²) in [5.74, 6) is 0.773. The van der Waals surface area contributed by atoms with E-state index < -0.39 is 6.09 Å². The number of ether oxygens (including phenoxy) is 1. The molecule has 0 aliphatic heterocycles. The molecule has 2 N–H and O–H groups in total. The third-order valence-corrected chi connectivity index (χ3v) is 4.11. The minimum atomic E-state index is -1.21. The maximum atomic E-state index is 10.8. The predicted molar refractivity (Wildman–Crippen MR) is 103 cm³/mol. The Bertz CT molecular complexity index is 1120. The zero-order valence-electron chi connectivity index (χ0n) is 15.0. The van der Waals surface area contributed by atoms with Crippen molar-refractivity contribution in [1.29, 1.82) is 0 Å². The van der Waals surface area contributed by atoms with Crippen molar-refractivity contribution in [2.45, 2.75) is 13.5 Å². The highest BCUT2D eigenvalue weighted by atomic mass is 16.5. The predicted octanol–water partition coefficient (Wildman–Crippen LogP) is 3.77. The molecule has 0 aliphatic carbocycles. The SMILES string of the molecule is Cc1ccc(COc2ccc(-c3cccc4nc(NC(=O)O)nn34)cc2)cn1. The topological polar surface area (TPSA) is 102 Å². The number of aromatic nitrogens is 4. The first-order chi connectivity index (χ1) is 13.6. The van der Waals surface area contributed by atoms with Gasteiger partial charge in [-0.2, -0.15) is 4.98 Å². The average Bonchev–Trinajstić information content (AvgIpc) is 3.09. The monoisotopic (exact) mass is 375 g/mol. The van der Waals surface area contributed by atoms with Crippen LogP contribution in [0.15, 0.2) is 60.8 Å². The maximum Gasteiger partial charge on any atom is 0.411 e. The van der Waals surface area contributed by atoms with Gasteiger partial charge in [-0.15, -0.1) is 5.10 Å². The lowest BCUT2D eigenvalue weighted by Gasteiger charge is -2.08. The van der Waals surface area contributed by atoms with Crippen molar-refractivity contribution in [3.05, 3.63) is 72.1 Å². The molecule has 0 aliphatic rings. The van der Waals surface area contributed by atoms with E-state index in [1.165, 1.54) is 0 Å². The van der Waals surface area contributed by atoms with Crippen LogP contribution in [0.1, 0.15) is 11.3 Å². The van der Waals surface area contributed by atoms with Gasteiger partial charge in [0.15, 0.2) is 5.65 Å². The second-order valence-electron chi connectivity index (χ2n) is 6.17. The van der Waals surface area contributed by atoms with Gasteiger partial charge in [0.25, 0.3) is 5.95 Å². The fraction of sp³-hybridized carbons (Fsp3) is 0.100. The number of nitrogens with zero attached hydrogens (tertiary/aromatic N) is 4. The third-order valence-electron chi connectivity index (χ3n) is 4.11. The molecule has 28 heavy (non-hydrogen) atoms. The van der Waals surface area contributed by atoms with E-state index in [1.807, 2.05) is 55.5 Å². The van der Waals surface area contributed by atoms with Crippen LogP contribution >= 0.6 is 0 Å². The van der Waals surface area contributed by atoms with Gasteiger partial charge in [-0.05, 0) is 49.4 Å². The number of benzene rings is 1. The lowest BCUT2D eigenvalue weighted by Crippen LogP contribution is -2.08. The zero-order valence-corrected chi connectivity index (χ0v) is 15.0. The minimum absolute atomic E-state index is 0.0339. The Kier molecular flexibility index (Phi) is 4.59. The number of hydrogen-bond donors (Lipinski definition) is 2. The molecule has 0 radical (unpaired) electrons. The molecule has 0 saturated heterocycles. The van der Waals surface area contributed by atoms with Gasteiger partial charge >= 0.3 is 6.09 Å². The molecule has 0 spiro atoms. The Morgan fingerprint density at radius 3 is 2.68 bits per heavy atom. The number of aryl methyl sites for hydroxylation is 1. The van der Waals surface area contributed by atoms with E-state index >= 15 is 0 Å². The highest BCUT2D eigenvalue weighted by Crippen LogP contribution is 2.24. The Morgan fingerprint density at radius 2 is 1.96 bits per heavy atom. The van der Waals surface area contributed by atoms with Gasteiger partial charge in [0.2, 0.25) is 0 Å². The normalized spacial score (nSPS) is 10.8. The van der Waals surface area contributed by atoms with E-state index in [4.69, 9.17) is 9.84 Å². The lowest BCUT2D eigenvalue weighted by molar-refractivity contribution is 0.209. The van der Waals surface area contributed by atoms with Gasteiger partial charge < -0.3 is 9.84 Å². The van der Waals surface area contributed by atoms with Crippen LogP contribution in [0.3, 0.4) is 0 Å². The Hall–Kier alpha value is -3.94. The van der Waals surface area contributed by atoms with Crippen molar-refractivity contribution in [3.8, 4) is 17.0 Å². The Labute approximate surface area is 160 Å². The molecule has 0 fully saturated rings. The molecule has 1 aromatic carbocycles. The first kappa shape index (κ1) is 17.5. The van der Waals surface area contributed by atoms with Crippen molar-refractivity contribution < 1.29 is 14.6 Å². The second kappa shape index (κ2) is 7.36. The van der Waals surface area contributed by atoms with Gasteiger partial charge in [0.05, 0.1) is 5.69 Å². The maximum absolute atomic E-state index is 10.8. The highest BCUT2D eigenvalue weighted by Gasteiger charge is 2.10. The van der Waals surface area contributed by atoms with Crippen molar-refractivity contribution in [1.82, 2.24) is 19.6 Å². The smallest absolute Gasteiger partial charge is 0.411 e. The number of nitrogens with one attached hydrogen (secondary N) is 1. The standard InChI is InChI=1S/C20H17N5O3/c1-13-5-6-14(11-21-13)12-28-16-9-7-15(8-10-16)17-3-2-4-18-22-19(23-20(26)27)24-25(17)18/h2-11H,12H2,1H3,(H,23,24)(H,26,27). The number of carboxylic acid groups (broad SMARTS) is 1. The van der Waals surface area contributed by atoms with Crippen LogP contribution in [0.25, 0.3) is 16.9 Å². The van der Waals surface area contributed by atoms with Crippen LogP contribution < -0.4 is 10.1 Å². The lowest BCUT2D eigenvalue weighted by atomic mass is 10.1. The minimum Gasteiger partial charge on any atom is -0.489 e. The summed E-state index contributed by atoms with van der Waals surface area (Å²) in [6, 6.07) is 17.0. The van der Waals surface area contributed by atoms with Crippen LogP contribution in [0.5, 0.6) is 5.75 Å². The highest BCUT2D eigenvalue weighted by molar-refractivity contribution is 5.80. The zero-order chi connectivity index (χ0) is 19.5. The number of fused-ring (bicyclic) bond motifs is 1. The van der Waals surface area contributed by atoms with Gasteiger partial charge in [-0.3, -0.25) is 10.3 Å². The van der Waals surface area contributed by atoms with Gasteiger partial charge in [0, 0.05) is 23.0 Å². The molecular formula is C20H17N5O3. The molecule has 8 heteroatoms. The van der Waals surface area contributed by atoms with Crippen molar-refractivity contribution in [3.63, 3.8) is 0 Å². The molecule has 0 atom stereocenters. The van der Waals surface area contributed by atoms with E-state index in [0.717, 1.165) is 28.3 Å². The molecule has 8 nitrogen and oxygen atoms in total. The third kappa shape index (κ3) is 3.75. The van der Waals surface area contributed by atoms with Crippen molar-refractivity contribution in [2.24, 2.45) is 0 Å². The fourth-order valence-electron chi connectivity index (χ4n) is 2.74. The Morgan fingerprint density at radius 1 is 1.14 bits per heavy atom. The van der Waals surface area contributed by atoms with E-state index in [0.29, 0.717) is 12.3 Å². The molecule has 4 rings (SSSR count). The van der Waals surface area contributed by atoms with Crippen molar-refractivity contribution >= 4 is 17.7 Å². The fourth-order valence-corrected chi connectivity index (χ4v) is 2.74. The van der Waals surface area contributed by atoms with E-state index in [2.05, 4.69) is 20.4 Å². The molecular weight excluding hydrogens is 358 g/mol. The van der Waals surface area contributed by atoms with E-state index in [-0.39, 0.29) is 5.95 Å². The summed E-state index contributed by atoms with van der Waals surface area (Å²) in [7, 11) is 0. The number of hydrogen-bond acceptors (Lipinski definition) is 5. The van der Waals surface area contributed by atoms with Gasteiger partial charge in [0.1, 0.15) is 12.4 Å². The number of rotatable bonds is 5. The summed E-state index contributed by atoms with van der Waals surface area (Å²) in [5, 5.41) is 15.2. The molecule has 140 valence electrons. The second-order valence-corrected chi connectivity index (χ2v) is 6.17. The molecule has 0 saturated carbocycles. The molecule has 3 heterocycles. The number of amides is 1. The first-order valence-electron chi connectivity index (χ1n) is 8.59. The Balaban J connectivity index is 1.54. The van der Waals surface area contributed by atoms with Gasteiger partial charge in [-0.25, -0.2) is 9.31 Å². The largest absolute Gasteiger partial charge is 0.489 e. The summed E-state index contributed by atoms with van der Waals surface area (Å²) in [5.41, 5.74) is 4.21. The number of anilines is 1. The summed E-state index contributed by atoms with van der Waals surface area (Å²) < 4.78 is 7.40. The number of pyridine rings is 2. The summed E-state index contributed by atoms with van der Waals surface area (Å²) in [4.78, 5) is 19.2. The van der Waals surface area contributed by atoms with E-state index in [9.17, 15) is 4.79 Å². The molecule has 0 bridgehead atoms. The van der Waals surface area contributed by atoms with E-state index in [1.54, 1.807) is 16.8 Å². The first-order valence-corrected chi connectivity index (χ1v) is 8.59. The molecule has 1 amide bonds. The average molecular weight is 375 g/mol. The van der Waals surface area contributed by atoms with Crippen LogP contribution in [0.2, 0.25) is 0 Å². The van der Waals surface area contributed by atoms with Crippen LogP contribution in [-0.4, -0.2) is 30.8 Å². The van der Waals surface area contributed by atoms with Gasteiger partial charge in [-0.1, -0.05) is 12.1 Å². The summed E-state index contributed by atoms with van der Waals surface area (Å²) >= 11 is 0. The number of carbonyl (C=O) groups is 1. The van der Waals surface area contributed by atoms with Crippen LogP contribution in [0.4, 0.5) is 10.7 Å². The molecule has 0 unspecified atom stereocenters. The van der Waals surface area contributed by atoms with Crippen LogP contribution in [-0.2, 0) is 6.61 Å². The molecule has 3 aromatic heterocycles. The quantitative estimate of drug-likeness (QED) is 0.551.